The van der Waals surface area contributed by atoms with Crippen molar-refractivity contribution in [3.05, 3.63) is 78.2 Å². The van der Waals surface area contributed by atoms with Crippen LogP contribution in [0.1, 0.15) is 15.1 Å². The van der Waals surface area contributed by atoms with Crippen LogP contribution in [0.3, 0.4) is 0 Å². The van der Waals surface area contributed by atoms with Crippen LogP contribution in [0, 0.1) is 6.42 Å². The monoisotopic (exact) mass is 307 g/mol. The lowest BCUT2D eigenvalue weighted by Crippen LogP contribution is -1.91. The topological polar surface area (TPSA) is 0 Å². The zero-order valence-electron chi connectivity index (χ0n) is 8.31. The molecule has 0 bridgehead atoms. The van der Waals surface area contributed by atoms with E-state index in [1.807, 2.05) is 6.07 Å². The van der Waals surface area contributed by atoms with Crippen molar-refractivity contribution >= 4 is 22.6 Å². The summed E-state index contributed by atoms with van der Waals surface area (Å²) in [4.78, 5) is 0. The van der Waals surface area contributed by atoms with Crippen molar-refractivity contribution in [3.63, 3.8) is 0 Å². The average Bonchev–Trinajstić information content (AvgIpc) is 2.31. The molecule has 0 fully saturated rings. The number of hydrogen-bond acceptors (Lipinski definition) is 0. The van der Waals surface area contributed by atoms with E-state index < -0.39 is 0 Å². The van der Waals surface area contributed by atoms with E-state index >= 15 is 0 Å². The third-order valence-corrected chi connectivity index (χ3v) is 3.34. The van der Waals surface area contributed by atoms with Crippen molar-refractivity contribution in [1.29, 1.82) is 0 Å². The van der Waals surface area contributed by atoms with Gasteiger partial charge in [0, 0.05) is 18.6 Å². The molecule has 74 valence electrons. The van der Waals surface area contributed by atoms with Crippen molar-refractivity contribution < 1.29 is 0 Å². The standard InChI is InChI=1S/C14H12I/c15-14(13-9-5-2-6-10-13)11-12-7-3-1-4-8-12/h1-11,14H/q+1. The molecule has 2 aromatic rings. The van der Waals surface area contributed by atoms with E-state index in [-0.39, 0.29) is 0 Å². The SMILES string of the molecule is IC([CH+]c1ccccc1)c1ccccc1. The fraction of sp³-hybridized carbons (Fsp3) is 0.0714. The Bertz CT molecular complexity index is 394. The van der Waals surface area contributed by atoms with E-state index in [1.54, 1.807) is 0 Å². The molecule has 0 saturated heterocycles. The van der Waals surface area contributed by atoms with Crippen LogP contribution in [0.5, 0.6) is 0 Å². The minimum Gasteiger partial charge on any atom is -0.0622 e. The maximum Gasteiger partial charge on any atom is 0.131 e. The molecule has 0 nitrogen and oxygen atoms in total. The number of benzene rings is 2. The molecule has 0 amide bonds. The molecule has 0 heterocycles. The van der Waals surface area contributed by atoms with Crippen LogP contribution in [0.2, 0.25) is 0 Å². The summed E-state index contributed by atoms with van der Waals surface area (Å²) < 4.78 is 0.436. The zero-order chi connectivity index (χ0) is 10.5. The molecule has 1 unspecified atom stereocenters. The van der Waals surface area contributed by atoms with Crippen LogP contribution in [0.4, 0.5) is 0 Å². The van der Waals surface area contributed by atoms with Crippen molar-refractivity contribution in [1.82, 2.24) is 0 Å². The molecule has 0 aliphatic carbocycles. The Balaban J connectivity index is 2.08. The average molecular weight is 307 g/mol. The van der Waals surface area contributed by atoms with Gasteiger partial charge in [0.25, 0.3) is 0 Å². The minimum atomic E-state index is 0.436. The lowest BCUT2D eigenvalue weighted by molar-refractivity contribution is 1.17. The first kappa shape index (κ1) is 10.6. The number of halogens is 1. The predicted molar refractivity (Wildman–Crippen MR) is 73.0 cm³/mol. The van der Waals surface area contributed by atoms with Crippen LogP contribution in [-0.2, 0) is 0 Å². The summed E-state index contributed by atoms with van der Waals surface area (Å²) in [7, 11) is 0. The molecular weight excluding hydrogens is 295 g/mol. The second kappa shape index (κ2) is 5.21. The fourth-order valence-corrected chi connectivity index (χ4v) is 2.30. The second-order valence-electron chi connectivity index (χ2n) is 3.39. The smallest absolute Gasteiger partial charge is 0.0622 e. The molecule has 15 heavy (non-hydrogen) atoms. The van der Waals surface area contributed by atoms with Gasteiger partial charge in [-0.15, -0.1) is 0 Å². The lowest BCUT2D eigenvalue weighted by Gasteiger charge is -2.04. The first-order valence-electron chi connectivity index (χ1n) is 4.95. The molecule has 0 spiro atoms. The maximum absolute atomic E-state index is 2.46. The summed E-state index contributed by atoms with van der Waals surface area (Å²) in [5, 5.41) is 0. The van der Waals surface area contributed by atoms with Crippen molar-refractivity contribution in [2.45, 2.75) is 3.92 Å². The zero-order valence-corrected chi connectivity index (χ0v) is 10.5. The van der Waals surface area contributed by atoms with Crippen molar-refractivity contribution in [2.75, 3.05) is 0 Å². The molecule has 0 saturated carbocycles. The van der Waals surface area contributed by atoms with Crippen LogP contribution in [0.15, 0.2) is 60.7 Å². The highest BCUT2D eigenvalue weighted by atomic mass is 127. The van der Waals surface area contributed by atoms with E-state index in [2.05, 4.69) is 83.6 Å². The summed E-state index contributed by atoms with van der Waals surface area (Å²) in [6, 6.07) is 21.0. The van der Waals surface area contributed by atoms with Crippen molar-refractivity contribution in [2.24, 2.45) is 0 Å². The molecule has 0 aromatic heterocycles. The molecule has 2 rings (SSSR count). The van der Waals surface area contributed by atoms with Gasteiger partial charge in [0.1, 0.15) is 5.56 Å². The molecule has 0 N–H and O–H groups in total. The first-order valence-corrected chi connectivity index (χ1v) is 6.20. The Hall–Kier alpha value is -0.960. The Morgan fingerprint density at radius 3 is 1.93 bits per heavy atom. The van der Waals surface area contributed by atoms with E-state index in [4.69, 9.17) is 0 Å². The van der Waals surface area contributed by atoms with Crippen LogP contribution in [0.25, 0.3) is 0 Å². The fourth-order valence-electron chi connectivity index (χ4n) is 1.47. The molecular formula is C14H12I+. The lowest BCUT2D eigenvalue weighted by atomic mass is 10.0. The molecule has 1 atom stereocenters. The van der Waals surface area contributed by atoms with Gasteiger partial charge in [0.2, 0.25) is 0 Å². The summed E-state index contributed by atoms with van der Waals surface area (Å²) in [6.45, 7) is 0. The van der Waals surface area contributed by atoms with Gasteiger partial charge in [0.15, 0.2) is 0 Å². The predicted octanol–water partition coefficient (Wildman–Crippen LogP) is 4.42. The number of rotatable bonds is 3. The molecule has 0 aliphatic heterocycles. The molecule has 1 heteroatoms. The third kappa shape index (κ3) is 2.99. The summed E-state index contributed by atoms with van der Waals surface area (Å²) in [5.41, 5.74) is 2.63. The largest absolute Gasteiger partial charge is 0.131 e. The first-order chi connectivity index (χ1) is 7.36. The van der Waals surface area contributed by atoms with E-state index in [1.165, 1.54) is 11.1 Å². The van der Waals surface area contributed by atoms with Crippen LogP contribution < -0.4 is 0 Å². The number of alkyl halides is 1. The van der Waals surface area contributed by atoms with Gasteiger partial charge in [-0.05, 0) is 23.8 Å². The highest BCUT2D eigenvalue weighted by Gasteiger charge is 2.12. The number of hydrogen-bond donors (Lipinski definition) is 0. The van der Waals surface area contributed by atoms with Gasteiger partial charge in [-0.3, -0.25) is 0 Å². The van der Waals surface area contributed by atoms with Gasteiger partial charge in [-0.2, -0.15) is 0 Å². The van der Waals surface area contributed by atoms with Gasteiger partial charge in [-0.25, -0.2) is 0 Å². The highest BCUT2D eigenvalue weighted by Crippen LogP contribution is 2.28. The summed E-state index contributed by atoms with van der Waals surface area (Å²) >= 11 is 2.46. The highest BCUT2D eigenvalue weighted by molar-refractivity contribution is 14.1. The van der Waals surface area contributed by atoms with Crippen LogP contribution >= 0.6 is 22.6 Å². The Labute approximate surface area is 104 Å². The van der Waals surface area contributed by atoms with Crippen LogP contribution in [-0.4, -0.2) is 0 Å². The normalized spacial score (nSPS) is 12.1. The van der Waals surface area contributed by atoms with Gasteiger partial charge in [-0.1, -0.05) is 52.9 Å². The molecule has 2 aromatic carbocycles. The van der Waals surface area contributed by atoms with E-state index in [9.17, 15) is 0 Å². The molecule has 0 radical (unpaired) electrons. The molecule has 0 aliphatic rings. The van der Waals surface area contributed by atoms with Crippen molar-refractivity contribution in [3.8, 4) is 0 Å². The van der Waals surface area contributed by atoms with Gasteiger partial charge < -0.3 is 0 Å². The Kier molecular flexibility index (Phi) is 3.67. The van der Waals surface area contributed by atoms with E-state index in [0.717, 1.165) is 0 Å². The Morgan fingerprint density at radius 1 is 0.800 bits per heavy atom. The Morgan fingerprint density at radius 2 is 1.33 bits per heavy atom. The third-order valence-electron chi connectivity index (χ3n) is 2.26. The maximum atomic E-state index is 2.46. The van der Waals surface area contributed by atoms with Gasteiger partial charge >= 0.3 is 0 Å². The minimum absolute atomic E-state index is 0.436. The quantitative estimate of drug-likeness (QED) is 0.447. The summed E-state index contributed by atoms with van der Waals surface area (Å²) in [6.07, 6.45) is 2.27. The van der Waals surface area contributed by atoms with Gasteiger partial charge in [0.05, 0.1) is 3.92 Å². The summed E-state index contributed by atoms with van der Waals surface area (Å²) in [5.74, 6) is 0. The second-order valence-corrected chi connectivity index (χ2v) is 4.73. The van der Waals surface area contributed by atoms with E-state index in [0.29, 0.717) is 3.92 Å².